The third-order valence-electron chi connectivity index (χ3n) is 2.74. The van der Waals surface area contributed by atoms with Gasteiger partial charge < -0.3 is 4.74 Å². The SMILES string of the molecule is O=C(OCc1ccccc1)N1C=CCCCC1. The highest BCUT2D eigenvalue weighted by molar-refractivity contribution is 5.68. The van der Waals surface area contributed by atoms with Crippen molar-refractivity contribution in [3.63, 3.8) is 0 Å². The molecule has 3 nitrogen and oxygen atoms in total. The average molecular weight is 231 g/mol. The first kappa shape index (κ1) is 11.7. The van der Waals surface area contributed by atoms with E-state index in [1.54, 1.807) is 4.90 Å². The molecule has 1 aliphatic heterocycles. The van der Waals surface area contributed by atoms with Crippen molar-refractivity contribution in [2.45, 2.75) is 25.9 Å². The van der Waals surface area contributed by atoms with E-state index in [1.807, 2.05) is 42.6 Å². The number of carbonyl (C=O) groups excluding carboxylic acids is 1. The molecule has 0 radical (unpaired) electrons. The summed E-state index contributed by atoms with van der Waals surface area (Å²) in [7, 11) is 0. The molecule has 0 aromatic heterocycles. The van der Waals surface area contributed by atoms with E-state index in [1.165, 1.54) is 0 Å². The number of rotatable bonds is 2. The summed E-state index contributed by atoms with van der Waals surface area (Å²) in [6.45, 7) is 1.09. The van der Waals surface area contributed by atoms with E-state index in [0.717, 1.165) is 31.4 Å². The highest BCUT2D eigenvalue weighted by Gasteiger charge is 2.13. The maximum absolute atomic E-state index is 11.8. The van der Waals surface area contributed by atoms with Gasteiger partial charge in [-0.3, -0.25) is 4.90 Å². The summed E-state index contributed by atoms with van der Waals surface area (Å²) in [6.07, 6.45) is 6.82. The van der Waals surface area contributed by atoms with Crippen LogP contribution < -0.4 is 0 Å². The number of nitrogens with zero attached hydrogens (tertiary/aromatic N) is 1. The van der Waals surface area contributed by atoms with Crippen molar-refractivity contribution in [2.24, 2.45) is 0 Å². The highest BCUT2D eigenvalue weighted by atomic mass is 16.6. The van der Waals surface area contributed by atoms with Crippen molar-refractivity contribution in [1.29, 1.82) is 0 Å². The first-order valence-electron chi connectivity index (χ1n) is 6.00. The summed E-state index contributed by atoms with van der Waals surface area (Å²) >= 11 is 0. The van der Waals surface area contributed by atoms with Crippen LogP contribution in [-0.4, -0.2) is 17.5 Å². The number of allylic oxidation sites excluding steroid dienone is 1. The Morgan fingerprint density at radius 2 is 2.06 bits per heavy atom. The molecule has 0 bridgehead atoms. The zero-order valence-corrected chi connectivity index (χ0v) is 9.84. The molecule has 1 aromatic rings. The van der Waals surface area contributed by atoms with Crippen LogP contribution in [0.3, 0.4) is 0 Å². The summed E-state index contributed by atoms with van der Waals surface area (Å²) < 4.78 is 5.26. The lowest BCUT2D eigenvalue weighted by Crippen LogP contribution is -2.26. The largest absolute Gasteiger partial charge is 0.444 e. The van der Waals surface area contributed by atoms with Crippen LogP contribution in [-0.2, 0) is 11.3 Å². The van der Waals surface area contributed by atoms with Crippen LogP contribution in [0.2, 0.25) is 0 Å². The van der Waals surface area contributed by atoms with E-state index in [9.17, 15) is 4.79 Å². The van der Waals surface area contributed by atoms with Gasteiger partial charge in [0.25, 0.3) is 0 Å². The molecule has 0 saturated carbocycles. The lowest BCUT2D eigenvalue weighted by Gasteiger charge is -2.16. The van der Waals surface area contributed by atoms with Gasteiger partial charge in [0.2, 0.25) is 0 Å². The molecule has 0 atom stereocenters. The van der Waals surface area contributed by atoms with Gasteiger partial charge in [-0.1, -0.05) is 36.4 Å². The van der Waals surface area contributed by atoms with Crippen LogP contribution in [0, 0.1) is 0 Å². The quantitative estimate of drug-likeness (QED) is 0.781. The number of hydrogen-bond donors (Lipinski definition) is 0. The lowest BCUT2D eigenvalue weighted by atomic mass is 10.2. The Balaban J connectivity index is 1.84. The van der Waals surface area contributed by atoms with E-state index in [2.05, 4.69) is 0 Å². The second-order valence-electron chi connectivity index (χ2n) is 4.11. The summed E-state index contributed by atoms with van der Waals surface area (Å²) in [5, 5.41) is 0. The number of carbonyl (C=O) groups is 1. The molecule has 3 heteroatoms. The van der Waals surface area contributed by atoms with Crippen LogP contribution >= 0.6 is 0 Å². The Labute approximate surface area is 102 Å². The lowest BCUT2D eigenvalue weighted by molar-refractivity contribution is 0.110. The van der Waals surface area contributed by atoms with Gasteiger partial charge in [0.1, 0.15) is 6.61 Å². The van der Waals surface area contributed by atoms with Crippen molar-refractivity contribution in [2.75, 3.05) is 6.54 Å². The first-order chi connectivity index (χ1) is 8.36. The zero-order chi connectivity index (χ0) is 11.9. The van der Waals surface area contributed by atoms with Gasteiger partial charge in [0.05, 0.1) is 0 Å². The molecule has 1 amide bonds. The predicted octanol–water partition coefficient (Wildman–Crippen LogP) is 3.32. The predicted molar refractivity (Wildman–Crippen MR) is 66.3 cm³/mol. The molecule has 1 heterocycles. The third kappa shape index (κ3) is 3.63. The molecule has 1 aromatic carbocycles. The van der Waals surface area contributed by atoms with Gasteiger partial charge in [0.15, 0.2) is 0 Å². The second kappa shape index (κ2) is 6.09. The molecular weight excluding hydrogens is 214 g/mol. The van der Waals surface area contributed by atoms with E-state index < -0.39 is 0 Å². The molecule has 0 unspecified atom stereocenters. The van der Waals surface area contributed by atoms with Crippen LogP contribution in [0.15, 0.2) is 42.6 Å². The number of benzene rings is 1. The second-order valence-corrected chi connectivity index (χ2v) is 4.11. The smallest absolute Gasteiger partial charge is 0.414 e. The van der Waals surface area contributed by atoms with Crippen molar-refractivity contribution in [1.82, 2.24) is 4.90 Å². The molecule has 0 fully saturated rings. The van der Waals surface area contributed by atoms with Gasteiger partial charge in [-0.2, -0.15) is 0 Å². The highest BCUT2D eigenvalue weighted by Crippen LogP contribution is 2.09. The van der Waals surface area contributed by atoms with Crippen molar-refractivity contribution < 1.29 is 9.53 Å². The van der Waals surface area contributed by atoms with Crippen molar-refractivity contribution in [3.05, 3.63) is 48.2 Å². The molecule has 1 aliphatic rings. The van der Waals surface area contributed by atoms with E-state index >= 15 is 0 Å². The van der Waals surface area contributed by atoms with Gasteiger partial charge in [0, 0.05) is 12.7 Å². The average Bonchev–Trinajstić information content (AvgIpc) is 2.66. The maximum Gasteiger partial charge on any atom is 0.414 e. The molecule has 0 spiro atoms. The minimum Gasteiger partial charge on any atom is -0.444 e. The molecule has 0 N–H and O–H groups in total. The van der Waals surface area contributed by atoms with Gasteiger partial charge in [-0.05, 0) is 24.8 Å². The van der Waals surface area contributed by atoms with Crippen molar-refractivity contribution in [3.8, 4) is 0 Å². The maximum atomic E-state index is 11.8. The molecular formula is C14H17NO2. The number of amides is 1. The number of ether oxygens (including phenoxy) is 1. The van der Waals surface area contributed by atoms with Crippen LogP contribution in [0.25, 0.3) is 0 Å². The third-order valence-corrected chi connectivity index (χ3v) is 2.74. The Bertz CT molecular complexity index is 386. The molecule has 17 heavy (non-hydrogen) atoms. The molecule has 0 aliphatic carbocycles. The molecule has 2 rings (SSSR count). The molecule has 90 valence electrons. The molecule has 0 saturated heterocycles. The monoisotopic (exact) mass is 231 g/mol. The summed E-state index contributed by atoms with van der Waals surface area (Å²) in [4.78, 5) is 13.4. The normalized spacial score (nSPS) is 15.4. The van der Waals surface area contributed by atoms with E-state index in [4.69, 9.17) is 4.74 Å². The fraction of sp³-hybridized carbons (Fsp3) is 0.357. The Kier molecular flexibility index (Phi) is 4.19. The first-order valence-corrected chi connectivity index (χ1v) is 6.00. The topological polar surface area (TPSA) is 29.5 Å². The summed E-state index contributed by atoms with van der Waals surface area (Å²) in [5.41, 5.74) is 1.01. The Hall–Kier alpha value is -1.77. The van der Waals surface area contributed by atoms with Crippen LogP contribution in [0.4, 0.5) is 4.79 Å². The van der Waals surface area contributed by atoms with Crippen LogP contribution in [0.1, 0.15) is 24.8 Å². The fourth-order valence-electron chi connectivity index (χ4n) is 1.78. The van der Waals surface area contributed by atoms with Gasteiger partial charge in [-0.25, -0.2) is 4.79 Å². The van der Waals surface area contributed by atoms with Gasteiger partial charge in [-0.15, -0.1) is 0 Å². The summed E-state index contributed by atoms with van der Waals surface area (Å²) in [6, 6.07) is 9.73. The van der Waals surface area contributed by atoms with Gasteiger partial charge >= 0.3 is 6.09 Å². The van der Waals surface area contributed by atoms with Crippen molar-refractivity contribution >= 4 is 6.09 Å². The standard InChI is InChI=1S/C14H17NO2/c16-14(15-10-6-1-2-7-11-15)17-12-13-8-4-3-5-9-13/h3-6,8-10H,1-2,7,11-12H2. The minimum atomic E-state index is -0.257. The summed E-state index contributed by atoms with van der Waals surface area (Å²) in [5.74, 6) is 0. The van der Waals surface area contributed by atoms with E-state index in [0.29, 0.717) is 6.61 Å². The zero-order valence-electron chi connectivity index (χ0n) is 9.84. The minimum absolute atomic E-state index is 0.257. The Morgan fingerprint density at radius 1 is 1.24 bits per heavy atom. The Morgan fingerprint density at radius 3 is 2.88 bits per heavy atom. The van der Waals surface area contributed by atoms with Crippen LogP contribution in [0.5, 0.6) is 0 Å². The van der Waals surface area contributed by atoms with E-state index in [-0.39, 0.29) is 6.09 Å². The fourth-order valence-corrected chi connectivity index (χ4v) is 1.78. The number of hydrogen-bond acceptors (Lipinski definition) is 2.